The molecule has 2 aromatic carbocycles. The van der Waals surface area contributed by atoms with E-state index in [9.17, 15) is 4.79 Å². The van der Waals surface area contributed by atoms with Gasteiger partial charge in [-0.3, -0.25) is 4.79 Å². The molecule has 3 rings (SSSR count). The molecule has 0 saturated carbocycles. The quantitative estimate of drug-likeness (QED) is 0.633. The first-order chi connectivity index (χ1) is 13.2. The van der Waals surface area contributed by atoms with Crippen LogP contribution in [0.5, 0.6) is 5.75 Å². The van der Waals surface area contributed by atoms with Gasteiger partial charge in [0.25, 0.3) is 0 Å². The van der Waals surface area contributed by atoms with Crippen molar-refractivity contribution >= 4 is 16.8 Å². The first-order valence-electron chi connectivity index (χ1n) is 9.16. The molecule has 27 heavy (non-hydrogen) atoms. The van der Waals surface area contributed by atoms with E-state index in [2.05, 4.69) is 28.2 Å². The first kappa shape index (κ1) is 19.0. The van der Waals surface area contributed by atoms with Crippen LogP contribution in [0.25, 0.3) is 10.9 Å². The minimum absolute atomic E-state index is 0.0400. The van der Waals surface area contributed by atoms with Crippen LogP contribution < -0.4 is 10.1 Å². The van der Waals surface area contributed by atoms with Crippen molar-refractivity contribution in [1.29, 1.82) is 0 Å². The number of fused-ring (bicyclic) bond motifs is 1. The summed E-state index contributed by atoms with van der Waals surface area (Å²) >= 11 is 0. The molecule has 0 unspecified atom stereocenters. The molecule has 1 aromatic heterocycles. The molecule has 0 aliphatic rings. The number of methoxy groups -OCH3 is 2. The summed E-state index contributed by atoms with van der Waals surface area (Å²) in [6, 6.07) is 16.1. The number of hydrogen-bond donors (Lipinski definition) is 1. The van der Waals surface area contributed by atoms with E-state index in [4.69, 9.17) is 9.47 Å². The number of nitrogens with one attached hydrogen (secondary N) is 1. The number of carbonyl (C=O) groups is 1. The smallest absolute Gasteiger partial charge is 0.224 e. The maximum absolute atomic E-state index is 12.4. The van der Waals surface area contributed by atoms with E-state index in [-0.39, 0.29) is 5.91 Å². The summed E-state index contributed by atoms with van der Waals surface area (Å²) in [6.45, 7) is 2.04. The molecule has 1 heterocycles. The second-order valence-corrected chi connectivity index (χ2v) is 6.48. The first-order valence-corrected chi connectivity index (χ1v) is 9.16. The molecule has 0 saturated heterocycles. The van der Waals surface area contributed by atoms with Gasteiger partial charge in [0, 0.05) is 37.3 Å². The number of amides is 1. The van der Waals surface area contributed by atoms with Crippen LogP contribution in [-0.2, 0) is 28.9 Å². The average molecular weight is 366 g/mol. The van der Waals surface area contributed by atoms with Gasteiger partial charge >= 0.3 is 0 Å². The molecular weight excluding hydrogens is 340 g/mol. The summed E-state index contributed by atoms with van der Waals surface area (Å²) in [5.74, 6) is 0.880. The highest BCUT2D eigenvalue weighted by Crippen LogP contribution is 2.22. The predicted molar refractivity (Wildman–Crippen MR) is 107 cm³/mol. The van der Waals surface area contributed by atoms with E-state index >= 15 is 0 Å². The second-order valence-electron chi connectivity index (χ2n) is 6.48. The number of para-hydroxylation sites is 1. The lowest BCUT2D eigenvalue weighted by Crippen LogP contribution is -2.27. The van der Waals surface area contributed by atoms with Gasteiger partial charge in [0.15, 0.2) is 0 Å². The normalized spacial score (nSPS) is 10.9. The van der Waals surface area contributed by atoms with Crippen molar-refractivity contribution in [2.24, 2.45) is 0 Å². The molecule has 0 fully saturated rings. The molecule has 0 aliphatic heterocycles. The molecule has 1 amide bonds. The number of aromatic nitrogens is 1. The van der Waals surface area contributed by atoms with Crippen LogP contribution >= 0.6 is 0 Å². The van der Waals surface area contributed by atoms with Gasteiger partial charge in [-0.1, -0.05) is 30.3 Å². The van der Waals surface area contributed by atoms with Crippen LogP contribution in [0.4, 0.5) is 0 Å². The highest BCUT2D eigenvalue weighted by Gasteiger charge is 2.11. The zero-order valence-corrected chi connectivity index (χ0v) is 15.9. The van der Waals surface area contributed by atoms with Crippen molar-refractivity contribution in [2.45, 2.75) is 19.4 Å². The SMILES string of the molecule is COCCn1cc(CC(=O)NCCc2ccc(OC)cc2)c2ccccc21. The lowest BCUT2D eigenvalue weighted by Gasteiger charge is -2.06. The molecule has 5 heteroatoms. The summed E-state index contributed by atoms with van der Waals surface area (Å²) < 4.78 is 12.5. The van der Waals surface area contributed by atoms with Crippen molar-refractivity contribution < 1.29 is 14.3 Å². The van der Waals surface area contributed by atoms with Gasteiger partial charge in [0.1, 0.15) is 5.75 Å². The van der Waals surface area contributed by atoms with Crippen molar-refractivity contribution in [3.8, 4) is 5.75 Å². The molecule has 142 valence electrons. The lowest BCUT2D eigenvalue weighted by molar-refractivity contribution is -0.120. The van der Waals surface area contributed by atoms with E-state index < -0.39 is 0 Å². The Kier molecular flexibility index (Phi) is 6.49. The molecule has 0 radical (unpaired) electrons. The fourth-order valence-corrected chi connectivity index (χ4v) is 3.21. The summed E-state index contributed by atoms with van der Waals surface area (Å²) in [5, 5.41) is 4.15. The second kappa shape index (κ2) is 9.24. The van der Waals surface area contributed by atoms with E-state index in [1.165, 1.54) is 5.56 Å². The number of nitrogens with zero attached hydrogens (tertiary/aromatic N) is 1. The fraction of sp³-hybridized carbons (Fsp3) is 0.318. The number of benzene rings is 2. The summed E-state index contributed by atoms with van der Waals surface area (Å²) in [5.41, 5.74) is 3.35. The third-order valence-corrected chi connectivity index (χ3v) is 4.65. The maximum Gasteiger partial charge on any atom is 0.224 e. The Morgan fingerprint density at radius 2 is 1.85 bits per heavy atom. The lowest BCUT2D eigenvalue weighted by atomic mass is 10.1. The molecule has 0 bridgehead atoms. The Bertz CT molecular complexity index is 884. The standard InChI is InChI=1S/C22H26N2O3/c1-26-14-13-24-16-18(20-5-3-4-6-21(20)24)15-22(25)23-12-11-17-7-9-19(27-2)10-8-17/h3-10,16H,11-15H2,1-2H3,(H,23,25). The zero-order valence-electron chi connectivity index (χ0n) is 15.9. The topological polar surface area (TPSA) is 52.5 Å². The maximum atomic E-state index is 12.4. The Morgan fingerprint density at radius 1 is 1.07 bits per heavy atom. The highest BCUT2D eigenvalue weighted by atomic mass is 16.5. The molecule has 1 N–H and O–H groups in total. The van der Waals surface area contributed by atoms with Crippen LogP contribution in [0.3, 0.4) is 0 Å². The van der Waals surface area contributed by atoms with Crippen LogP contribution in [0.15, 0.2) is 54.7 Å². The zero-order chi connectivity index (χ0) is 19.1. The van der Waals surface area contributed by atoms with Gasteiger partial charge in [0.05, 0.1) is 20.1 Å². The van der Waals surface area contributed by atoms with Crippen LogP contribution in [0.1, 0.15) is 11.1 Å². The molecule has 5 nitrogen and oxygen atoms in total. The Hall–Kier alpha value is -2.79. The summed E-state index contributed by atoms with van der Waals surface area (Å²) in [4.78, 5) is 12.4. The molecular formula is C22H26N2O3. The third kappa shape index (κ3) is 4.89. The Labute approximate surface area is 159 Å². The number of ether oxygens (including phenoxy) is 2. The van der Waals surface area contributed by atoms with E-state index in [0.29, 0.717) is 19.6 Å². The molecule has 0 spiro atoms. The third-order valence-electron chi connectivity index (χ3n) is 4.65. The van der Waals surface area contributed by atoms with Crippen molar-refractivity contribution in [1.82, 2.24) is 9.88 Å². The minimum Gasteiger partial charge on any atom is -0.497 e. The van der Waals surface area contributed by atoms with Crippen LogP contribution in [0, 0.1) is 0 Å². The fourth-order valence-electron chi connectivity index (χ4n) is 3.21. The van der Waals surface area contributed by atoms with Crippen molar-refractivity contribution in [3.05, 3.63) is 65.9 Å². The highest BCUT2D eigenvalue weighted by molar-refractivity contribution is 5.89. The van der Waals surface area contributed by atoms with Crippen LogP contribution in [0.2, 0.25) is 0 Å². The summed E-state index contributed by atoms with van der Waals surface area (Å²) in [6.07, 6.45) is 3.24. The number of rotatable bonds is 9. The van der Waals surface area contributed by atoms with Crippen molar-refractivity contribution in [2.75, 3.05) is 27.4 Å². The van der Waals surface area contributed by atoms with Crippen molar-refractivity contribution in [3.63, 3.8) is 0 Å². The van der Waals surface area contributed by atoms with E-state index in [1.807, 2.05) is 36.4 Å². The monoisotopic (exact) mass is 366 g/mol. The van der Waals surface area contributed by atoms with Gasteiger partial charge in [-0.05, 0) is 35.7 Å². The number of hydrogen-bond acceptors (Lipinski definition) is 3. The van der Waals surface area contributed by atoms with Gasteiger partial charge < -0.3 is 19.4 Å². The van der Waals surface area contributed by atoms with Crippen LogP contribution in [-0.4, -0.2) is 37.8 Å². The van der Waals surface area contributed by atoms with E-state index in [0.717, 1.165) is 35.2 Å². The van der Waals surface area contributed by atoms with E-state index in [1.54, 1.807) is 14.2 Å². The molecule has 0 atom stereocenters. The predicted octanol–water partition coefficient (Wildman–Crippen LogP) is 3.20. The van der Waals surface area contributed by atoms with Gasteiger partial charge in [-0.2, -0.15) is 0 Å². The number of carbonyl (C=O) groups excluding carboxylic acids is 1. The van der Waals surface area contributed by atoms with Gasteiger partial charge in [-0.15, -0.1) is 0 Å². The van der Waals surface area contributed by atoms with Gasteiger partial charge in [0.2, 0.25) is 5.91 Å². The summed E-state index contributed by atoms with van der Waals surface area (Å²) in [7, 11) is 3.35. The Balaban J connectivity index is 1.58. The molecule has 0 aliphatic carbocycles. The minimum atomic E-state index is 0.0400. The Morgan fingerprint density at radius 3 is 2.59 bits per heavy atom. The largest absolute Gasteiger partial charge is 0.497 e. The average Bonchev–Trinajstić information content (AvgIpc) is 3.04. The molecule has 3 aromatic rings. The van der Waals surface area contributed by atoms with Gasteiger partial charge in [-0.25, -0.2) is 0 Å².